The number of rotatable bonds is 5. The van der Waals surface area contributed by atoms with Crippen LogP contribution in [0.3, 0.4) is 0 Å². The van der Waals surface area contributed by atoms with Gasteiger partial charge in [0.25, 0.3) is 0 Å². The van der Waals surface area contributed by atoms with Gasteiger partial charge >= 0.3 is 6.18 Å². The lowest BCUT2D eigenvalue weighted by molar-refractivity contribution is -0.175. The molecule has 1 rings (SSSR count). The van der Waals surface area contributed by atoms with Gasteiger partial charge in [-0.2, -0.15) is 13.2 Å². The molecule has 0 amide bonds. The highest BCUT2D eigenvalue weighted by Gasteiger charge is 2.27. The van der Waals surface area contributed by atoms with Gasteiger partial charge in [0.15, 0.2) is 4.60 Å². The van der Waals surface area contributed by atoms with Crippen molar-refractivity contribution in [2.75, 3.05) is 13.2 Å². The summed E-state index contributed by atoms with van der Waals surface area (Å²) in [4.78, 5) is 0. The number of aromatic nitrogens is 3. The number of hydrogen-bond acceptors (Lipinski definition) is 4. The lowest BCUT2D eigenvalue weighted by Gasteiger charge is -2.12. The summed E-state index contributed by atoms with van der Waals surface area (Å²) in [7, 11) is 1.58. The van der Waals surface area contributed by atoms with Gasteiger partial charge < -0.3 is 9.84 Å². The molecule has 0 bridgehead atoms. The Bertz CT molecular complexity index is 350. The topological polar surface area (TPSA) is 60.2 Å². The first-order valence-electron chi connectivity index (χ1n) is 4.69. The Balaban J connectivity index is 2.38. The van der Waals surface area contributed by atoms with E-state index in [1.54, 1.807) is 7.05 Å². The van der Waals surface area contributed by atoms with E-state index in [0.717, 1.165) is 0 Å². The molecule has 0 fully saturated rings. The van der Waals surface area contributed by atoms with E-state index in [9.17, 15) is 18.3 Å². The van der Waals surface area contributed by atoms with Gasteiger partial charge in [-0.15, -0.1) is 5.10 Å². The highest BCUT2D eigenvalue weighted by atomic mass is 79.9. The SMILES string of the molecule is Cn1nnc(Br)c1C(O)CCOCC(F)(F)F. The van der Waals surface area contributed by atoms with Crippen LogP contribution in [0.2, 0.25) is 0 Å². The molecule has 17 heavy (non-hydrogen) atoms. The van der Waals surface area contributed by atoms with E-state index < -0.39 is 18.9 Å². The Hall–Kier alpha value is -0.670. The van der Waals surface area contributed by atoms with E-state index in [0.29, 0.717) is 10.3 Å². The summed E-state index contributed by atoms with van der Waals surface area (Å²) in [5.41, 5.74) is 0.403. The monoisotopic (exact) mass is 317 g/mol. The maximum atomic E-state index is 11.8. The molecule has 1 atom stereocenters. The number of nitrogens with zero attached hydrogens (tertiary/aromatic N) is 3. The van der Waals surface area contributed by atoms with Gasteiger partial charge in [0.1, 0.15) is 18.4 Å². The molecule has 0 saturated carbocycles. The Kier molecular flexibility index (Phi) is 4.90. The minimum Gasteiger partial charge on any atom is -0.387 e. The van der Waals surface area contributed by atoms with E-state index in [-0.39, 0.29) is 13.0 Å². The first kappa shape index (κ1) is 14.4. The van der Waals surface area contributed by atoms with Gasteiger partial charge in [-0.1, -0.05) is 5.21 Å². The lowest BCUT2D eigenvalue weighted by Crippen LogP contribution is -2.18. The quantitative estimate of drug-likeness (QED) is 0.838. The molecule has 0 aliphatic heterocycles. The number of ether oxygens (including phenoxy) is 1. The second-order valence-corrected chi connectivity index (χ2v) is 4.11. The molecule has 5 nitrogen and oxygen atoms in total. The molecule has 9 heteroatoms. The molecule has 0 aromatic carbocycles. The molecular formula is C8H11BrF3N3O2. The third-order valence-electron chi connectivity index (χ3n) is 1.94. The number of hydrogen-bond donors (Lipinski definition) is 1. The van der Waals surface area contributed by atoms with Crippen LogP contribution in [-0.4, -0.2) is 39.5 Å². The summed E-state index contributed by atoms with van der Waals surface area (Å²) in [5, 5.41) is 17.0. The lowest BCUT2D eigenvalue weighted by atomic mass is 10.2. The maximum absolute atomic E-state index is 11.8. The summed E-state index contributed by atoms with van der Waals surface area (Å²) < 4.78 is 41.4. The minimum atomic E-state index is -4.35. The Labute approximate surface area is 104 Å². The van der Waals surface area contributed by atoms with Crippen molar-refractivity contribution >= 4 is 15.9 Å². The van der Waals surface area contributed by atoms with Crippen molar-refractivity contribution in [1.82, 2.24) is 15.0 Å². The smallest absolute Gasteiger partial charge is 0.387 e. The fraction of sp³-hybridized carbons (Fsp3) is 0.750. The van der Waals surface area contributed by atoms with Crippen molar-refractivity contribution in [2.45, 2.75) is 18.7 Å². The van der Waals surface area contributed by atoms with Crippen molar-refractivity contribution in [1.29, 1.82) is 0 Å². The van der Waals surface area contributed by atoms with Crippen molar-refractivity contribution in [3.05, 3.63) is 10.3 Å². The average molecular weight is 318 g/mol. The molecule has 0 spiro atoms. The van der Waals surface area contributed by atoms with Gasteiger partial charge in [-0.25, -0.2) is 4.68 Å². The van der Waals surface area contributed by atoms with Crippen molar-refractivity contribution in [3.63, 3.8) is 0 Å². The van der Waals surface area contributed by atoms with Crippen LogP contribution in [0.25, 0.3) is 0 Å². The standard InChI is InChI=1S/C8H11BrF3N3O2/c1-15-6(7(9)13-14-15)5(16)2-3-17-4-8(10,11)12/h5,16H,2-4H2,1H3. The van der Waals surface area contributed by atoms with Crippen LogP contribution in [0, 0.1) is 0 Å². The second kappa shape index (κ2) is 5.78. The number of aliphatic hydroxyl groups is 1. The van der Waals surface area contributed by atoms with Crippen molar-refractivity contribution in [2.24, 2.45) is 7.05 Å². The summed E-state index contributed by atoms with van der Waals surface area (Å²) >= 11 is 3.08. The third-order valence-corrected chi connectivity index (χ3v) is 2.51. The van der Waals surface area contributed by atoms with Crippen LogP contribution < -0.4 is 0 Å². The number of halogens is 4. The highest BCUT2D eigenvalue weighted by Crippen LogP contribution is 2.23. The molecule has 1 unspecified atom stereocenters. The Morgan fingerprint density at radius 3 is 2.65 bits per heavy atom. The summed E-state index contributed by atoms with van der Waals surface area (Å²) in [6.07, 6.45) is -5.28. The molecular weight excluding hydrogens is 307 g/mol. The van der Waals surface area contributed by atoms with Crippen molar-refractivity contribution < 1.29 is 23.0 Å². The first-order valence-corrected chi connectivity index (χ1v) is 5.48. The predicted octanol–water partition coefficient (Wildman–Crippen LogP) is 1.58. The fourth-order valence-corrected chi connectivity index (χ4v) is 1.80. The molecule has 0 radical (unpaired) electrons. The number of aryl methyl sites for hydroxylation is 1. The molecule has 0 aliphatic rings. The first-order chi connectivity index (χ1) is 7.81. The summed E-state index contributed by atoms with van der Waals surface area (Å²) in [6.45, 7) is -1.51. The largest absolute Gasteiger partial charge is 0.411 e. The van der Waals surface area contributed by atoms with Crippen LogP contribution in [-0.2, 0) is 11.8 Å². The Morgan fingerprint density at radius 1 is 1.53 bits per heavy atom. The van der Waals surface area contributed by atoms with Gasteiger partial charge in [0, 0.05) is 20.1 Å². The van der Waals surface area contributed by atoms with Crippen LogP contribution >= 0.6 is 15.9 Å². The zero-order valence-electron chi connectivity index (χ0n) is 8.91. The van der Waals surface area contributed by atoms with Crippen LogP contribution in [0.5, 0.6) is 0 Å². The molecule has 1 aromatic rings. The molecule has 0 aliphatic carbocycles. The summed E-state index contributed by atoms with van der Waals surface area (Å²) in [6, 6.07) is 0. The number of aliphatic hydroxyl groups excluding tert-OH is 1. The van der Waals surface area contributed by atoms with E-state index >= 15 is 0 Å². The third kappa shape index (κ3) is 4.60. The average Bonchev–Trinajstić information content (AvgIpc) is 2.52. The molecule has 1 heterocycles. The van der Waals surface area contributed by atoms with Gasteiger partial charge in [0.05, 0.1) is 0 Å². The van der Waals surface area contributed by atoms with Gasteiger partial charge in [0.2, 0.25) is 0 Å². The maximum Gasteiger partial charge on any atom is 0.411 e. The fourth-order valence-electron chi connectivity index (χ4n) is 1.21. The van der Waals surface area contributed by atoms with E-state index in [1.807, 2.05) is 0 Å². The van der Waals surface area contributed by atoms with Crippen LogP contribution in [0.4, 0.5) is 13.2 Å². The number of alkyl halides is 3. The normalized spacial score (nSPS) is 14.0. The minimum absolute atomic E-state index is 0.0376. The van der Waals surface area contributed by atoms with Gasteiger partial charge in [-0.05, 0) is 15.9 Å². The van der Waals surface area contributed by atoms with E-state index in [4.69, 9.17) is 0 Å². The zero-order valence-corrected chi connectivity index (χ0v) is 10.5. The molecule has 1 N–H and O–H groups in total. The second-order valence-electron chi connectivity index (χ2n) is 3.36. The van der Waals surface area contributed by atoms with Crippen LogP contribution in [0.1, 0.15) is 18.2 Å². The zero-order chi connectivity index (χ0) is 13.1. The molecule has 0 saturated heterocycles. The van der Waals surface area contributed by atoms with E-state index in [2.05, 4.69) is 31.0 Å². The van der Waals surface area contributed by atoms with E-state index in [1.165, 1.54) is 4.68 Å². The van der Waals surface area contributed by atoms with Crippen LogP contribution in [0.15, 0.2) is 4.60 Å². The highest BCUT2D eigenvalue weighted by molar-refractivity contribution is 9.10. The molecule has 1 aromatic heterocycles. The summed E-state index contributed by atoms with van der Waals surface area (Å²) in [5.74, 6) is 0. The molecule has 98 valence electrons. The van der Waals surface area contributed by atoms with Gasteiger partial charge in [-0.3, -0.25) is 0 Å². The predicted molar refractivity (Wildman–Crippen MR) is 55.2 cm³/mol. The Morgan fingerprint density at radius 2 is 2.18 bits per heavy atom. The van der Waals surface area contributed by atoms with Crippen molar-refractivity contribution in [3.8, 4) is 0 Å².